The molecule has 136 valence electrons. The van der Waals surface area contributed by atoms with E-state index in [1.165, 1.54) is 19.2 Å². The second kappa shape index (κ2) is 7.38. The quantitative estimate of drug-likeness (QED) is 0.857. The zero-order chi connectivity index (χ0) is 18.7. The number of methoxy groups -OCH3 is 1. The molecule has 1 aliphatic heterocycles. The first-order valence-corrected chi connectivity index (χ1v) is 7.87. The normalized spacial score (nSPS) is 16.1. The summed E-state index contributed by atoms with van der Waals surface area (Å²) in [6.07, 6.45) is 0.715. The van der Waals surface area contributed by atoms with E-state index in [1.54, 1.807) is 12.1 Å². The number of hydrogen-bond donors (Lipinski definition) is 2. The number of benzene rings is 2. The molecule has 0 spiro atoms. The second-order valence-corrected chi connectivity index (χ2v) is 5.69. The minimum absolute atomic E-state index is 0.106. The van der Waals surface area contributed by atoms with Gasteiger partial charge in [0.15, 0.2) is 11.6 Å². The van der Waals surface area contributed by atoms with Crippen LogP contribution < -0.4 is 20.1 Å². The number of hydrogen-bond acceptors (Lipinski definition) is 4. The first-order valence-electron chi connectivity index (χ1n) is 7.87. The van der Waals surface area contributed by atoms with E-state index in [1.807, 2.05) is 0 Å². The molecule has 0 aliphatic carbocycles. The summed E-state index contributed by atoms with van der Waals surface area (Å²) in [4.78, 5) is 23.5. The van der Waals surface area contributed by atoms with Gasteiger partial charge in [0.05, 0.1) is 12.8 Å². The summed E-state index contributed by atoms with van der Waals surface area (Å²) in [6.45, 7) is 0. The molecule has 26 heavy (non-hydrogen) atoms. The van der Waals surface area contributed by atoms with Gasteiger partial charge < -0.3 is 20.1 Å². The summed E-state index contributed by atoms with van der Waals surface area (Å²) in [5.41, 5.74) is 0.332. The third-order valence-corrected chi connectivity index (χ3v) is 3.87. The maximum atomic E-state index is 13.3. The smallest absolute Gasteiger partial charge is 0.247 e. The van der Waals surface area contributed by atoms with Crippen LogP contribution in [0.2, 0.25) is 0 Å². The van der Waals surface area contributed by atoms with E-state index in [0.29, 0.717) is 30.0 Å². The number of amides is 2. The molecule has 1 unspecified atom stereocenters. The highest BCUT2D eigenvalue weighted by Gasteiger charge is 2.27. The van der Waals surface area contributed by atoms with Gasteiger partial charge in [-0.15, -0.1) is 0 Å². The summed E-state index contributed by atoms with van der Waals surface area (Å²) < 4.78 is 37.0. The number of ether oxygens (including phenoxy) is 2. The van der Waals surface area contributed by atoms with E-state index >= 15 is 0 Å². The fourth-order valence-electron chi connectivity index (χ4n) is 2.56. The van der Waals surface area contributed by atoms with Gasteiger partial charge in [-0.2, -0.15) is 0 Å². The number of rotatable bonds is 5. The number of nitrogens with one attached hydrogen (secondary N) is 2. The highest BCUT2D eigenvalue weighted by Crippen LogP contribution is 2.32. The van der Waals surface area contributed by atoms with Crippen LogP contribution >= 0.6 is 0 Å². The Morgan fingerprint density at radius 3 is 2.54 bits per heavy atom. The first-order chi connectivity index (χ1) is 12.5. The molecule has 1 heterocycles. The Kier molecular flexibility index (Phi) is 5.01. The molecular weight excluding hydrogens is 346 g/mol. The molecule has 1 fully saturated rings. The summed E-state index contributed by atoms with van der Waals surface area (Å²) in [6, 6.07) is 7.18. The van der Waals surface area contributed by atoms with Gasteiger partial charge in [-0.05, 0) is 30.7 Å². The van der Waals surface area contributed by atoms with Crippen molar-refractivity contribution in [2.75, 3.05) is 12.4 Å². The van der Waals surface area contributed by atoms with Crippen LogP contribution in [0.4, 0.5) is 14.5 Å². The van der Waals surface area contributed by atoms with Crippen LogP contribution in [0, 0.1) is 11.6 Å². The molecule has 3 rings (SSSR count). The number of halogens is 2. The summed E-state index contributed by atoms with van der Waals surface area (Å²) in [7, 11) is 1.44. The molecule has 0 bridgehead atoms. The summed E-state index contributed by atoms with van der Waals surface area (Å²) >= 11 is 0. The lowest BCUT2D eigenvalue weighted by Crippen LogP contribution is -2.37. The Morgan fingerprint density at radius 2 is 1.88 bits per heavy atom. The van der Waals surface area contributed by atoms with Crippen molar-refractivity contribution >= 4 is 17.5 Å². The molecule has 1 saturated heterocycles. The van der Waals surface area contributed by atoms with E-state index in [9.17, 15) is 18.4 Å². The Hall–Kier alpha value is -3.16. The van der Waals surface area contributed by atoms with Gasteiger partial charge >= 0.3 is 0 Å². The Morgan fingerprint density at radius 1 is 1.15 bits per heavy atom. The lowest BCUT2D eigenvalue weighted by molar-refractivity contribution is -0.122. The Labute approximate surface area is 148 Å². The third kappa shape index (κ3) is 3.90. The van der Waals surface area contributed by atoms with E-state index in [4.69, 9.17) is 9.47 Å². The SMILES string of the molecule is COc1ccc(Oc2ccc(F)c(F)c2)cc1NC(=O)C1CCC(=O)N1. The molecule has 2 N–H and O–H groups in total. The van der Waals surface area contributed by atoms with Crippen molar-refractivity contribution in [2.24, 2.45) is 0 Å². The van der Waals surface area contributed by atoms with E-state index in [2.05, 4.69) is 10.6 Å². The average molecular weight is 362 g/mol. The Balaban J connectivity index is 1.78. The van der Waals surface area contributed by atoms with Crippen molar-refractivity contribution in [3.05, 3.63) is 48.0 Å². The van der Waals surface area contributed by atoms with Gasteiger partial charge in [0.1, 0.15) is 23.3 Å². The van der Waals surface area contributed by atoms with Crippen LogP contribution in [0.5, 0.6) is 17.2 Å². The van der Waals surface area contributed by atoms with Crippen LogP contribution in [-0.2, 0) is 9.59 Å². The summed E-state index contributed by atoms with van der Waals surface area (Å²) in [5.74, 6) is -1.76. The van der Waals surface area contributed by atoms with Gasteiger partial charge in [-0.25, -0.2) is 8.78 Å². The van der Waals surface area contributed by atoms with Crippen molar-refractivity contribution in [1.29, 1.82) is 0 Å². The van der Waals surface area contributed by atoms with Gasteiger partial charge in [0.2, 0.25) is 11.8 Å². The number of carbonyl (C=O) groups excluding carboxylic acids is 2. The zero-order valence-electron chi connectivity index (χ0n) is 13.8. The fourth-order valence-corrected chi connectivity index (χ4v) is 2.56. The van der Waals surface area contributed by atoms with E-state index in [0.717, 1.165) is 12.1 Å². The standard InChI is InChI=1S/C18H16F2N2O4/c1-25-16-6-3-11(26-10-2-4-12(19)13(20)8-10)9-15(16)22-18(24)14-5-7-17(23)21-14/h2-4,6,8-9,14H,5,7H2,1H3,(H,21,23)(H,22,24). The molecule has 2 amide bonds. The fraction of sp³-hybridized carbons (Fsp3) is 0.222. The molecular formula is C18H16F2N2O4. The number of carbonyl (C=O) groups is 2. The van der Waals surface area contributed by atoms with Gasteiger partial charge in [-0.3, -0.25) is 9.59 Å². The van der Waals surface area contributed by atoms with Crippen molar-refractivity contribution in [3.8, 4) is 17.2 Å². The minimum Gasteiger partial charge on any atom is -0.495 e. The van der Waals surface area contributed by atoms with Crippen LogP contribution in [0.15, 0.2) is 36.4 Å². The maximum absolute atomic E-state index is 13.3. The second-order valence-electron chi connectivity index (χ2n) is 5.69. The molecule has 0 saturated carbocycles. The van der Waals surface area contributed by atoms with Gasteiger partial charge in [0.25, 0.3) is 0 Å². The topological polar surface area (TPSA) is 76.7 Å². The molecule has 8 heteroatoms. The predicted octanol–water partition coefficient (Wildman–Crippen LogP) is 2.98. The van der Waals surface area contributed by atoms with Crippen LogP contribution in [0.1, 0.15) is 12.8 Å². The van der Waals surface area contributed by atoms with Crippen molar-refractivity contribution in [1.82, 2.24) is 5.32 Å². The van der Waals surface area contributed by atoms with Crippen molar-refractivity contribution in [2.45, 2.75) is 18.9 Å². The van der Waals surface area contributed by atoms with Crippen molar-refractivity contribution < 1.29 is 27.8 Å². The lowest BCUT2D eigenvalue weighted by Gasteiger charge is -2.15. The molecule has 1 atom stereocenters. The molecule has 1 aliphatic rings. The molecule has 0 aromatic heterocycles. The average Bonchev–Trinajstić information content (AvgIpc) is 3.05. The first kappa shape index (κ1) is 17.7. The maximum Gasteiger partial charge on any atom is 0.247 e. The highest BCUT2D eigenvalue weighted by atomic mass is 19.2. The van der Waals surface area contributed by atoms with Crippen LogP contribution in [-0.4, -0.2) is 25.0 Å². The minimum atomic E-state index is -1.03. The predicted molar refractivity (Wildman–Crippen MR) is 89.2 cm³/mol. The Bertz CT molecular complexity index is 857. The molecule has 6 nitrogen and oxygen atoms in total. The molecule has 2 aromatic carbocycles. The highest BCUT2D eigenvalue weighted by molar-refractivity contribution is 6.00. The zero-order valence-corrected chi connectivity index (χ0v) is 13.8. The monoisotopic (exact) mass is 362 g/mol. The van der Waals surface area contributed by atoms with Crippen molar-refractivity contribution in [3.63, 3.8) is 0 Å². The van der Waals surface area contributed by atoms with Gasteiger partial charge in [0, 0.05) is 18.6 Å². The lowest BCUT2D eigenvalue weighted by atomic mass is 10.2. The number of anilines is 1. The molecule has 0 radical (unpaired) electrons. The van der Waals surface area contributed by atoms with Crippen LogP contribution in [0.3, 0.4) is 0 Å². The van der Waals surface area contributed by atoms with Gasteiger partial charge in [-0.1, -0.05) is 0 Å². The molecule has 2 aromatic rings. The largest absolute Gasteiger partial charge is 0.495 e. The van der Waals surface area contributed by atoms with Crippen LogP contribution in [0.25, 0.3) is 0 Å². The summed E-state index contributed by atoms with van der Waals surface area (Å²) in [5, 5.41) is 5.25. The van der Waals surface area contributed by atoms with E-state index in [-0.39, 0.29) is 17.6 Å². The van der Waals surface area contributed by atoms with E-state index < -0.39 is 17.7 Å². The third-order valence-electron chi connectivity index (χ3n) is 3.87.